The zero-order valence-corrected chi connectivity index (χ0v) is 16.7. The van der Waals surface area contributed by atoms with E-state index < -0.39 is 5.97 Å². The van der Waals surface area contributed by atoms with Gasteiger partial charge in [0.2, 0.25) is 5.91 Å². The molecule has 0 spiro atoms. The van der Waals surface area contributed by atoms with Crippen molar-refractivity contribution in [3.8, 4) is 11.4 Å². The molecule has 8 nitrogen and oxygen atoms in total. The number of aromatic nitrogens is 2. The lowest BCUT2D eigenvalue weighted by Gasteiger charge is -2.15. The van der Waals surface area contributed by atoms with Gasteiger partial charge in [0.25, 0.3) is 5.56 Å². The van der Waals surface area contributed by atoms with Gasteiger partial charge in [0, 0.05) is 0 Å². The lowest BCUT2D eigenvalue weighted by atomic mass is 10.2. The molecule has 0 bridgehead atoms. The molecule has 1 aromatic heterocycles. The number of fused-ring (bicyclic) bond motifs is 1. The van der Waals surface area contributed by atoms with Crippen LogP contribution in [-0.4, -0.2) is 47.9 Å². The molecular formula is C20H19N3O5S. The van der Waals surface area contributed by atoms with Gasteiger partial charge in [-0.1, -0.05) is 36.0 Å². The summed E-state index contributed by atoms with van der Waals surface area (Å²) < 4.78 is 11.3. The molecule has 29 heavy (non-hydrogen) atoms. The number of para-hydroxylation sites is 3. The van der Waals surface area contributed by atoms with Crippen LogP contribution in [0.25, 0.3) is 16.6 Å². The summed E-state index contributed by atoms with van der Waals surface area (Å²) in [5, 5.41) is 3.26. The van der Waals surface area contributed by atoms with E-state index in [4.69, 9.17) is 4.74 Å². The Morgan fingerprint density at radius 2 is 1.83 bits per heavy atom. The smallest absolute Gasteiger partial charge is 0.325 e. The van der Waals surface area contributed by atoms with Crippen molar-refractivity contribution in [3.05, 3.63) is 58.9 Å². The summed E-state index contributed by atoms with van der Waals surface area (Å²) in [6.07, 6.45) is 0. The fourth-order valence-corrected chi connectivity index (χ4v) is 3.50. The van der Waals surface area contributed by atoms with Crippen LogP contribution < -0.4 is 15.6 Å². The van der Waals surface area contributed by atoms with Gasteiger partial charge in [0.05, 0.1) is 36.6 Å². The Hall–Kier alpha value is -3.33. The molecule has 2 aromatic carbocycles. The van der Waals surface area contributed by atoms with Crippen LogP contribution in [0.15, 0.2) is 58.5 Å². The van der Waals surface area contributed by atoms with E-state index in [-0.39, 0.29) is 23.8 Å². The molecular weight excluding hydrogens is 394 g/mol. The van der Waals surface area contributed by atoms with Crippen LogP contribution in [0.1, 0.15) is 0 Å². The minimum atomic E-state index is -0.543. The number of rotatable bonds is 7. The molecule has 0 saturated heterocycles. The summed E-state index contributed by atoms with van der Waals surface area (Å²) in [6.45, 7) is -0.222. The van der Waals surface area contributed by atoms with Crippen LogP contribution in [-0.2, 0) is 14.3 Å². The third-order valence-electron chi connectivity index (χ3n) is 4.06. The van der Waals surface area contributed by atoms with Crippen LogP contribution in [0.3, 0.4) is 0 Å². The summed E-state index contributed by atoms with van der Waals surface area (Å²) in [4.78, 5) is 41.0. The Morgan fingerprint density at radius 1 is 1.10 bits per heavy atom. The first kappa shape index (κ1) is 20.4. The molecule has 150 valence electrons. The number of methoxy groups -OCH3 is 2. The third kappa shape index (κ3) is 4.57. The Labute approximate surface area is 170 Å². The first-order valence-electron chi connectivity index (χ1n) is 8.66. The predicted octanol–water partition coefficient (Wildman–Crippen LogP) is 1.78. The van der Waals surface area contributed by atoms with E-state index >= 15 is 0 Å². The van der Waals surface area contributed by atoms with Crippen molar-refractivity contribution in [1.82, 2.24) is 14.9 Å². The zero-order chi connectivity index (χ0) is 20.8. The number of hydrogen-bond acceptors (Lipinski definition) is 7. The average molecular weight is 413 g/mol. The molecule has 0 radical (unpaired) electrons. The quantitative estimate of drug-likeness (QED) is 0.358. The van der Waals surface area contributed by atoms with Gasteiger partial charge in [-0.15, -0.1) is 0 Å². The highest BCUT2D eigenvalue weighted by Crippen LogP contribution is 2.26. The van der Waals surface area contributed by atoms with Crippen molar-refractivity contribution < 1.29 is 19.1 Å². The van der Waals surface area contributed by atoms with E-state index in [1.807, 2.05) is 0 Å². The van der Waals surface area contributed by atoms with Gasteiger partial charge in [-0.05, 0) is 24.3 Å². The number of amides is 1. The van der Waals surface area contributed by atoms with Crippen molar-refractivity contribution in [3.63, 3.8) is 0 Å². The van der Waals surface area contributed by atoms with Gasteiger partial charge in [-0.2, -0.15) is 0 Å². The third-order valence-corrected chi connectivity index (χ3v) is 5.00. The molecule has 3 rings (SSSR count). The summed E-state index contributed by atoms with van der Waals surface area (Å²) >= 11 is 1.09. The molecule has 0 aliphatic carbocycles. The lowest BCUT2D eigenvalue weighted by molar-refractivity contribution is -0.140. The minimum Gasteiger partial charge on any atom is -0.495 e. The van der Waals surface area contributed by atoms with E-state index in [0.29, 0.717) is 27.5 Å². The van der Waals surface area contributed by atoms with Crippen LogP contribution in [0.4, 0.5) is 0 Å². The van der Waals surface area contributed by atoms with Gasteiger partial charge < -0.3 is 14.8 Å². The Kier molecular flexibility index (Phi) is 6.50. The Balaban J connectivity index is 2.00. The molecule has 1 heterocycles. The normalized spacial score (nSPS) is 10.6. The molecule has 9 heteroatoms. The summed E-state index contributed by atoms with van der Waals surface area (Å²) in [7, 11) is 2.76. The molecule has 0 aliphatic heterocycles. The van der Waals surface area contributed by atoms with Crippen LogP contribution in [0.5, 0.6) is 5.75 Å². The maximum atomic E-state index is 13.2. The van der Waals surface area contributed by atoms with E-state index in [1.165, 1.54) is 18.8 Å². The molecule has 0 fully saturated rings. The van der Waals surface area contributed by atoms with Crippen molar-refractivity contribution in [2.45, 2.75) is 5.16 Å². The first-order chi connectivity index (χ1) is 14.0. The zero-order valence-electron chi connectivity index (χ0n) is 15.9. The Bertz CT molecular complexity index is 1110. The second-order valence-corrected chi connectivity index (χ2v) is 6.81. The van der Waals surface area contributed by atoms with Gasteiger partial charge in [-0.25, -0.2) is 4.98 Å². The number of esters is 1. The lowest BCUT2D eigenvalue weighted by Crippen LogP contribution is -2.31. The largest absolute Gasteiger partial charge is 0.495 e. The number of nitrogens with one attached hydrogen (secondary N) is 1. The highest BCUT2D eigenvalue weighted by molar-refractivity contribution is 7.99. The number of thioether (sulfide) groups is 1. The number of carbonyl (C=O) groups is 2. The molecule has 0 saturated carbocycles. The number of hydrogen-bond donors (Lipinski definition) is 1. The fraction of sp³-hybridized carbons (Fsp3) is 0.200. The maximum absolute atomic E-state index is 13.2. The monoisotopic (exact) mass is 413 g/mol. The van der Waals surface area contributed by atoms with Crippen molar-refractivity contribution in [1.29, 1.82) is 0 Å². The summed E-state index contributed by atoms with van der Waals surface area (Å²) in [6, 6.07) is 14.1. The van der Waals surface area contributed by atoms with E-state index in [1.54, 1.807) is 48.5 Å². The van der Waals surface area contributed by atoms with E-state index in [0.717, 1.165) is 11.8 Å². The molecule has 0 atom stereocenters. The maximum Gasteiger partial charge on any atom is 0.325 e. The SMILES string of the molecule is COC(=O)CNC(=O)CSc1nc2ccccc2c(=O)n1-c1ccccc1OC. The standard InChI is InChI=1S/C20H19N3O5S/c1-27-16-10-6-5-9-15(16)23-19(26)13-7-3-4-8-14(13)22-20(23)29-12-17(24)21-11-18(25)28-2/h3-10H,11-12H2,1-2H3,(H,21,24). The Morgan fingerprint density at radius 3 is 2.59 bits per heavy atom. The first-order valence-corrected chi connectivity index (χ1v) is 9.65. The van der Waals surface area contributed by atoms with Crippen molar-refractivity contribution in [2.24, 2.45) is 0 Å². The highest BCUT2D eigenvalue weighted by Gasteiger charge is 2.17. The number of ether oxygens (including phenoxy) is 2. The molecule has 0 aliphatic rings. The van der Waals surface area contributed by atoms with Gasteiger partial charge in [0.1, 0.15) is 12.3 Å². The number of benzene rings is 2. The van der Waals surface area contributed by atoms with E-state index in [2.05, 4.69) is 15.0 Å². The molecule has 1 amide bonds. The summed E-state index contributed by atoms with van der Waals surface area (Å²) in [5.41, 5.74) is 0.786. The number of carbonyl (C=O) groups excluding carboxylic acids is 2. The topological polar surface area (TPSA) is 99.5 Å². The van der Waals surface area contributed by atoms with Crippen molar-refractivity contribution in [2.75, 3.05) is 26.5 Å². The predicted molar refractivity (Wildman–Crippen MR) is 110 cm³/mol. The average Bonchev–Trinajstić information content (AvgIpc) is 2.76. The molecule has 3 aromatic rings. The fourth-order valence-electron chi connectivity index (χ4n) is 2.66. The molecule has 1 N–H and O–H groups in total. The second kappa shape index (κ2) is 9.24. The molecule has 0 unspecified atom stereocenters. The van der Waals surface area contributed by atoms with Gasteiger partial charge >= 0.3 is 5.97 Å². The highest BCUT2D eigenvalue weighted by atomic mass is 32.2. The second-order valence-electron chi connectivity index (χ2n) is 5.87. The van der Waals surface area contributed by atoms with Crippen molar-refractivity contribution >= 4 is 34.5 Å². The van der Waals surface area contributed by atoms with Crippen LogP contribution in [0, 0.1) is 0 Å². The van der Waals surface area contributed by atoms with Crippen LogP contribution in [0.2, 0.25) is 0 Å². The van der Waals surface area contributed by atoms with Gasteiger partial charge in [-0.3, -0.25) is 19.0 Å². The number of nitrogens with zero attached hydrogens (tertiary/aromatic N) is 2. The minimum absolute atomic E-state index is 0.0308. The van der Waals surface area contributed by atoms with Gasteiger partial charge in [0.15, 0.2) is 5.16 Å². The van der Waals surface area contributed by atoms with Crippen LogP contribution >= 0.6 is 11.8 Å². The summed E-state index contributed by atoms with van der Waals surface area (Å²) in [5.74, 6) is -0.451. The van der Waals surface area contributed by atoms with E-state index in [9.17, 15) is 14.4 Å².